The van der Waals surface area contributed by atoms with Crippen molar-refractivity contribution in [2.45, 2.75) is 9.83 Å². The predicted octanol–water partition coefficient (Wildman–Crippen LogP) is 4.21. The van der Waals surface area contributed by atoms with E-state index in [9.17, 15) is 4.79 Å². The largest absolute Gasteiger partial charge is 0.369 e. The highest BCUT2D eigenvalue weighted by Gasteiger charge is 2.37. The van der Waals surface area contributed by atoms with Crippen molar-refractivity contribution in [2.75, 3.05) is 14.1 Å². The van der Waals surface area contributed by atoms with Crippen LogP contribution in [0.15, 0.2) is 41.5 Å². The molecule has 5 nitrogen and oxygen atoms in total. The first-order valence-electron chi connectivity index (χ1n) is 6.86. The minimum absolute atomic E-state index is 0.347. The van der Waals surface area contributed by atoms with Gasteiger partial charge in [0, 0.05) is 19.7 Å². The average Bonchev–Trinajstić information content (AvgIpc) is 2.98. The van der Waals surface area contributed by atoms with Crippen LogP contribution in [0.2, 0.25) is 0 Å². The molecule has 1 amide bonds. The zero-order valence-corrected chi connectivity index (χ0v) is 16.0. The zero-order valence-electron chi connectivity index (χ0n) is 12.9. The first kappa shape index (κ1) is 19.0. The van der Waals surface area contributed by atoms with Crippen LogP contribution >= 0.6 is 46.1 Å². The van der Waals surface area contributed by atoms with Crippen molar-refractivity contribution < 1.29 is 4.79 Å². The van der Waals surface area contributed by atoms with E-state index < -0.39 is 9.83 Å². The van der Waals surface area contributed by atoms with Gasteiger partial charge in [0.1, 0.15) is 16.1 Å². The molecule has 1 atom stereocenters. The number of amides is 1. The normalized spacial score (nSPS) is 13.0. The third-order valence-electron chi connectivity index (χ3n) is 2.81. The number of carbonyl (C=O) groups is 1. The van der Waals surface area contributed by atoms with E-state index in [4.69, 9.17) is 34.8 Å². The maximum atomic E-state index is 12.4. The number of benzene rings is 1. The molecule has 2 aromatic rings. The molecule has 0 saturated carbocycles. The molecule has 0 saturated heterocycles. The molecule has 1 aromatic carbocycles. The van der Waals surface area contributed by atoms with Gasteiger partial charge in [-0.1, -0.05) is 64.3 Å². The molecular weight excluding hydrogens is 391 g/mol. The Hall–Kier alpha value is -1.34. The Morgan fingerprint density at radius 1 is 1.33 bits per heavy atom. The molecule has 0 aliphatic rings. The number of rotatable bonds is 5. The molecule has 0 spiro atoms. The van der Waals surface area contributed by atoms with E-state index in [2.05, 4.69) is 15.3 Å². The van der Waals surface area contributed by atoms with Crippen LogP contribution < -0.4 is 5.32 Å². The lowest BCUT2D eigenvalue weighted by molar-refractivity contribution is 0.0937. The fraction of sp³-hybridized carbons (Fsp3) is 0.267. The summed E-state index contributed by atoms with van der Waals surface area (Å²) >= 11 is 19.4. The Morgan fingerprint density at radius 2 is 2.00 bits per heavy atom. The second kappa shape index (κ2) is 8.16. The fourth-order valence-electron chi connectivity index (χ4n) is 1.73. The van der Waals surface area contributed by atoms with Crippen molar-refractivity contribution in [3.63, 3.8) is 0 Å². The second-order valence-corrected chi connectivity index (χ2v) is 8.47. The molecule has 0 radical (unpaired) electrons. The van der Waals surface area contributed by atoms with E-state index in [1.165, 1.54) is 11.3 Å². The first-order chi connectivity index (χ1) is 11.3. The average molecular weight is 406 g/mol. The van der Waals surface area contributed by atoms with Crippen molar-refractivity contribution in [3.8, 4) is 0 Å². The lowest BCUT2D eigenvalue weighted by Crippen LogP contribution is -2.36. The van der Waals surface area contributed by atoms with E-state index in [1.807, 2.05) is 20.2 Å². The summed E-state index contributed by atoms with van der Waals surface area (Å²) in [6.07, 6.45) is 3.21. The van der Waals surface area contributed by atoms with Crippen LogP contribution in [0.4, 0.5) is 5.00 Å². The van der Waals surface area contributed by atoms with Gasteiger partial charge in [0.2, 0.25) is 3.79 Å². The molecule has 9 heteroatoms. The molecule has 0 aliphatic heterocycles. The van der Waals surface area contributed by atoms with E-state index >= 15 is 0 Å². The Kier molecular flexibility index (Phi) is 6.46. The van der Waals surface area contributed by atoms with Crippen molar-refractivity contribution in [2.24, 2.45) is 4.99 Å². The van der Waals surface area contributed by atoms with Gasteiger partial charge in [0.25, 0.3) is 5.91 Å². The number of hydrogen-bond donors (Lipinski definition) is 1. The lowest BCUT2D eigenvalue weighted by Gasteiger charge is -2.23. The van der Waals surface area contributed by atoms with E-state index in [0.29, 0.717) is 15.6 Å². The molecule has 1 aromatic heterocycles. The second-order valence-electron chi connectivity index (χ2n) is 5.06. The number of aliphatic imine (C=N–C) groups is 1. The van der Waals surface area contributed by atoms with Gasteiger partial charge in [-0.15, -0.1) is 0 Å². The van der Waals surface area contributed by atoms with Gasteiger partial charge >= 0.3 is 0 Å². The molecule has 0 unspecified atom stereocenters. The topological polar surface area (TPSA) is 57.6 Å². The van der Waals surface area contributed by atoms with Crippen LogP contribution in [-0.4, -0.2) is 40.0 Å². The molecule has 1 heterocycles. The Labute approximate surface area is 159 Å². The van der Waals surface area contributed by atoms with Crippen LogP contribution in [0.1, 0.15) is 21.4 Å². The molecule has 0 fully saturated rings. The summed E-state index contributed by atoms with van der Waals surface area (Å²) in [5, 5.41) is 3.83. The van der Waals surface area contributed by atoms with Gasteiger partial charge in [-0.2, -0.15) is 0 Å². The standard InChI is InChI=1S/C15H15Cl3N4OS/c1-22(2)9-20-11-8-19-14(24-11)12(15(16,17)18)21-13(23)10-6-4-3-5-7-10/h3-9,12H,1-2H3,(H,21,23)/t12-/m1/s1. The number of aromatic nitrogens is 1. The number of alkyl halides is 3. The van der Waals surface area contributed by atoms with Crippen molar-refractivity contribution in [1.82, 2.24) is 15.2 Å². The maximum absolute atomic E-state index is 12.4. The molecule has 2 rings (SSSR count). The van der Waals surface area contributed by atoms with Gasteiger partial charge in [0.05, 0.1) is 12.5 Å². The number of carbonyl (C=O) groups excluding carboxylic acids is 1. The number of thiazole rings is 1. The molecular formula is C15H15Cl3N4OS. The minimum Gasteiger partial charge on any atom is -0.369 e. The molecule has 1 N–H and O–H groups in total. The van der Waals surface area contributed by atoms with Gasteiger partial charge in [-0.3, -0.25) is 4.79 Å². The third kappa shape index (κ3) is 5.34. The fourth-order valence-corrected chi connectivity index (χ4v) is 3.28. The van der Waals surface area contributed by atoms with Crippen molar-refractivity contribution in [1.29, 1.82) is 0 Å². The summed E-state index contributed by atoms with van der Waals surface area (Å²) in [7, 11) is 3.71. The van der Waals surface area contributed by atoms with Gasteiger partial charge in [-0.25, -0.2) is 9.98 Å². The SMILES string of the molecule is CN(C)C=Nc1cnc([C@@H](NC(=O)c2ccccc2)C(Cl)(Cl)Cl)s1. The summed E-state index contributed by atoms with van der Waals surface area (Å²) in [6, 6.07) is 7.81. The van der Waals surface area contributed by atoms with E-state index in [1.54, 1.807) is 41.7 Å². The lowest BCUT2D eigenvalue weighted by atomic mass is 10.2. The van der Waals surface area contributed by atoms with E-state index in [-0.39, 0.29) is 5.91 Å². The van der Waals surface area contributed by atoms with Crippen LogP contribution in [0, 0.1) is 0 Å². The number of halogens is 3. The highest BCUT2D eigenvalue weighted by Crippen LogP contribution is 2.42. The third-order valence-corrected chi connectivity index (χ3v) is 4.44. The molecule has 0 bridgehead atoms. The predicted molar refractivity (Wildman–Crippen MR) is 101 cm³/mol. The van der Waals surface area contributed by atoms with Gasteiger partial charge < -0.3 is 10.2 Å². The highest BCUT2D eigenvalue weighted by atomic mass is 35.6. The zero-order chi connectivity index (χ0) is 17.7. The monoisotopic (exact) mass is 404 g/mol. The number of nitrogens with zero attached hydrogens (tertiary/aromatic N) is 3. The number of nitrogens with one attached hydrogen (secondary N) is 1. The summed E-state index contributed by atoms with van der Waals surface area (Å²) in [4.78, 5) is 22.6. The minimum atomic E-state index is -1.75. The Morgan fingerprint density at radius 3 is 2.58 bits per heavy atom. The van der Waals surface area contributed by atoms with Crippen LogP contribution in [-0.2, 0) is 0 Å². The van der Waals surface area contributed by atoms with Gasteiger partial charge in [-0.05, 0) is 12.1 Å². The maximum Gasteiger partial charge on any atom is 0.251 e. The van der Waals surface area contributed by atoms with Crippen LogP contribution in [0.25, 0.3) is 0 Å². The van der Waals surface area contributed by atoms with Gasteiger partial charge in [0.15, 0.2) is 0 Å². The Bertz CT molecular complexity index is 713. The Balaban J connectivity index is 2.22. The first-order valence-corrected chi connectivity index (χ1v) is 8.81. The smallest absolute Gasteiger partial charge is 0.251 e. The highest BCUT2D eigenvalue weighted by molar-refractivity contribution is 7.15. The van der Waals surface area contributed by atoms with Crippen molar-refractivity contribution in [3.05, 3.63) is 47.1 Å². The van der Waals surface area contributed by atoms with E-state index in [0.717, 1.165) is 0 Å². The molecule has 0 aliphatic carbocycles. The van der Waals surface area contributed by atoms with Crippen molar-refractivity contribution >= 4 is 63.4 Å². The quantitative estimate of drug-likeness (QED) is 0.460. The van der Waals surface area contributed by atoms with Crippen LogP contribution in [0.3, 0.4) is 0 Å². The molecule has 24 heavy (non-hydrogen) atoms. The summed E-state index contributed by atoms with van der Waals surface area (Å²) in [6.45, 7) is 0. The molecule has 128 valence electrons. The summed E-state index contributed by atoms with van der Waals surface area (Å²) in [5.41, 5.74) is 0.471. The number of hydrogen-bond acceptors (Lipinski definition) is 4. The summed E-state index contributed by atoms with van der Waals surface area (Å²) < 4.78 is -1.75. The van der Waals surface area contributed by atoms with Crippen LogP contribution in [0.5, 0.6) is 0 Å². The summed E-state index contributed by atoms with van der Waals surface area (Å²) in [5.74, 6) is -0.347.